The van der Waals surface area contributed by atoms with E-state index in [0.29, 0.717) is 13.1 Å². The maximum Gasteiger partial charge on any atom is 0.346 e. The number of hydrogen-bond donors (Lipinski definition) is 1. The number of nitrogens with two attached hydrogens (primary N) is 1. The third-order valence-electron chi connectivity index (χ3n) is 12.2. The molecule has 294 valence electrons. The van der Waals surface area contributed by atoms with Crippen LogP contribution in [-0.4, -0.2) is 98.1 Å². The van der Waals surface area contributed by atoms with Crippen molar-refractivity contribution in [1.29, 1.82) is 10.5 Å². The Morgan fingerprint density at radius 2 is 2.00 bits per heavy atom. The standard InChI is InChI=1S/C38H34ClF4N11O2S/c1-51(14-19-15-53(31(19)37(6-7-37)8-9-44)36(55)54-18-47-34(43)50-54)33-22-11-24(39)27(21-3-4-25(41)30-26(21)23(13-45)32(46)57-30)28(42)29(22)48-35(49-33)56-17-38-5-2-10-52(38)16-20(40)12-38/h3-4,11,18-20,31H,2,5-8,10,12,14-17,46H2,1H3/t19-,20-,31+,38+/m1/s1. The Labute approximate surface area is 332 Å². The molecule has 4 fully saturated rings. The van der Waals surface area contributed by atoms with Gasteiger partial charge in [-0.25, -0.2) is 18.0 Å². The molecule has 9 rings (SSSR count). The van der Waals surface area contributed by atoms with Gasteiger partial charge in [0.2, 0.25) is 0 Å². The lowest BCUT2D eigenvalue weighted by molar-refractivity contribution is 0.00536. The van der Waals surface area contributed by atoms with E-state index in [-0.39, 0.29) is 91.4 Å². The molecule has 13 nitrogen and oxygen atoms in total. The molecule has 4 aliphatic rings. The number of nitrogen functional groups attached to an aromatic ring is 1. The Morgan fingerprint density at radius 3 is 2.72 bits per heavy atom. The number of benzene rings is 2. The van der Waals surface area contributed by atoms with Crippen LogP contribution >= 0.6 is 22.9 Å². The number of amides is 1. The van der Waals surface area contributed by atoms with Crippen LogP contribution in [0.5, 0.6) is 6.01 Å². The van der Waals surface area contributed by atoms with Gasteiger partial charge < -0.3 is 20.3 Å². The fraction of sp³-hybridized carbons (Fsp3) is 0.447. The zero-order valence-corrected chi connectivity index (χ0v) is 32.1. The summed E-state index contributed by atoms with van der Waals surface area (Å²) in [5.41, 5.74) is 4.94. The number of likely N-dealkylation sites (tertiary alicyclic amines) is 1. The third-order valence-corrected chi connectivity index (χ3v) is 13.5. The minimum Gasteiger partial charge on any atom is -0.461 e. The van der Waals surface area contributed by atoms with Gasteiger partial charge in [0.15, 0.2) is 5.82 Å². The Hall–Kier alpha value is -5.30. The van der Waals surface area contributed by atoms with Crippen molar-refractivity contribution < 1.29 is 27.1 Å². The van der Waals surface area contributed by atoms with E-state index >= 15 is 8.78 Å². The number of thiophene rings is 1. The second-order valence-electron chi connectivity index (χ2n) is 15.6. The van der Waals surface area contributed by atoms with Crippen molar-refractivity contribution in [3.8, 4) is 29.3 Å². The number of rotatable bonds is 9. The fourth-order valence-corrected chi connectivity index (χ4v) is 10.7. The quantitative estimate of drug-likeness (QED) is 0.158. The molecule has 3 saturated heterocycles. The van der Waals surface area contributed by atoms with E-state index in [4.69, 9.17) is 27.1 Å². The number of hydrogen-bond acceptors (Lipinski definition) is 12. The summed E-state index contributed by atoms with van der Waals surface area (Å²) in [5, 5.41) is 23.6. The van der Waals surface area contributed by atoms with E-state index in [9.17, 15) is 24.1 Å². The van der Waals surface area contributed by atoms with Crippen LogP contribution in [0.3, 0.4) is 0 Å². The maximum absolute atomic E-state index is 17.2. The third kappa shape index (κ3) is 5.99. The topological polar surface area (TPSA) is 166 Å². The van der Waals surface area contributed by atoms with Gasteiger partial charge in [0.1, 0.15) is 47.3 Å². The summed E-state index contributed by atoms with van der Waals surface area (Å²) in [6.07, 6.45) is 2.50. The lowest BCUT2D eigenvalue weighted by atomic mass is 9.75. The number of nitrogens with zero attached hydrogens (tertiary/aromatic N) is 10. The van der Waals surface area contributed by atoms with Gasteiger partial charge in [-0.3, -0.25) is 4.90 Å². The number of aromatic nitrogens is 5. The van der Waals surface area contributed by atoms with Gasteiger partial charge >= 0.3 is 18.1 Å². The highest BCUT2D eigenvalue weighted by Crippen LogP contribution is 2.58. The number of nitriles is 2. The molecular formula is C38H34ClF4N11O2S. The van der Waals surface area contributed by atoms with Crippen LogP contribution in [0.4, 0.5) is 33.2 Å². The number of alkyl halides is 1. The number of fused-ring (bicyclic) bond motifs is 3. The van der Waals surface area contributed by atoms with Crippen molar-refractivity contribution in [3.63, 3.8) is 0 Å². The van der Waals surface area contributed by atoms with E-state index in [1.54, 1.807) is 16.8 Å². The molecule has 5 aromatic rings. The first-order valence-corrected chi connectivity index (χ1v) is 19.7. The second kappa shape index (κ2) is 13.7. The lowest BCUT2D eigenvalue weighted by Crippen LogP contribution is -2.65. The Bertz CT molecular complexity index is 2570. The molecule has 2 N–H and O–H groups in total. The molecule has 3 aliphatic heterocycles. The largest absolute Gasteiger partial charge is 0.461 e. The summed E-state index contributed by atoms with van der Waals surface area (Å²) in [7, 11) is 1.75. The van der Waals surface area contributed by atoms with Crippen LogP contribution in [0, 0.1) is 51.7 Å². The van der Waals surface area contributed by atoms with Gasteiger partial charge in [-0.1, -0.05) is 17.7 Å². The highest BCUT2D eigenvalue weighted by Gasteiger charge is 2.60. The van der Waals surface area contributed by atoms with Crippen LogP contribution in [-0.2, 0) is 0 Å². The van der Waals surface area contributed by atoms with Crippen molar-refractivity contribution in [2.24, 2.45) is 11.3 Å². The SMILES string of the molecule is CN(C[C@@H]1CN(C(=O)n2cnc(F)n2)[C@@H]1C1(CC#N)CC1)c1nc(OC[C@@]23CCCN2C[C@H](F)C3)nc2c(F)c(-c3ccc(F)c4sc(N)c(C#N)c34)c(Cl)cc12. The minimum atomic E-state index is -1.04. The average Bonchev–Trinajstić information content (AvgIpc) is 3.44. The molecular weight excluding hydrogens is 786 g/mol. The molecule has 0 radical (unpaired) electrons. The number of halogens is 5. The number of carbonyl (C=O) groups is 1. The molecule has 6 heterocycles. The number of anilines is 2. The van der Waals surface area contributed by atoms with Gasteiger partial charge in [-0.2, -0.15) is 34.5 Å². The van der Waals surface area contributed by atoms with Gasteiger partial charge in [-0.05, 0) is 49.9 Å². The molecule has 1 saturated carbocycles. The van der Waals surface area contributed by atoms with Gasteiger partial charge in [0.05, 0.1) is 26.9 Å². The minimum absolute atomic E-state index is 0.00309. The van der Waals surface area contributed by atoms with Crippen LogP contribution in [0.1, 0.15) is 44.1 Å². The summed E-state index contributed by atoms with van der Waals surface area (Å²) in [4.78, 5) is 31.7. The summed E-state index contributed by atoms with van der Waals surface area (Å²) < 4.78 is 67.8. The maximum atomic E-state index is 17.2. The smallest absolute Gasteiger partial charge is 0.346 e. The fourth-order valence-electron chi connectivity index (χ4n) is 9.49. The van der Waals surface area contributed by atoms with Crippen molar-refractivity contribution >= 4 is 60.8 Å². The first kappa shape index (κ1) is 37.3. The molecule has 4 atom stereocenters. The first-order valence-electron chi connectivity index (χ1n) is 18.5. The molecule has 57 heavy (non-hydrogen) atoms. The molecule has 0 unspecified atom stereocenters. The Kier molecular flexibility index (Phi) is 8.94. The normalized spacial score (nSPS) is 23.6. The molecule has 0 bridgehead atoms. The number of ether oxygens (including phenoxy) is 1. The summed E-state index contributed by atoms with van der Waals surface area (Å²) >= 11 is 7.78. The van der Waals surface area contributed by atoms with Crippen molar-refractivity contribution in [3.05, 3.63) is 52.8 Å². The monoisotopic (exact) mass is 819 g/mol. The first-order chi connectivity index (χ1) is 27.4. The molecule has 1 aliphatic carbocycles. The molecule has 1 amide bonds. The summed E-state index contributed by atoms with van der Waals surface area (Å²) in [6.45, 7) is 1.65. The van der Waals surface area contributed by atoms with E-state index in [1.807, 2.05) is 6.07 Å². The van der Waals surface area contributed by atoms with Crippen molar-refractivity contribution in [2.75, 3.05) is 50.5 Å². The Balaban J connectivity index is 1.12. The van der Waals surface area contributed by atoms with Crippen LogP contribution in [0.2, 0.25) is 5.02 Å². The zero-order valence-electron chi connectivity index (χ0n) is 30.5. The van der Waals surface area contributed by atoms with Crippen LogP contribution in [0.25, 0.3) is 32.1 Å². The van der Waals surface area contributed by atoms with Gasteiger partial charge in [0.25, 0.3) is 0 Å². The van der Waals surface area contributed by atoms with Crippen LogP contribution in [0.15, 0.2) is 24.5 Å². The summed E-state index contributed by atoms with van der Waals surface area (Å²) in [6, 6.07) is 7.18. The molecule has 2 aromatic carbocycles. The lowest BCUT2D eigenvalue weighted by Gasteiger charge is -2.52. The predicted octanol–water partition coefficient (Wildman–Crippen LogP) is 6.68. The van der Waals surface area contributed by atoms with Crippen LogP contribution < -0.4 is 15.4 Å². The van der Waals surface area contributed by atoms with E-state index in [0.717, 1.165) is 60.6 Å². The van der Waals surface area contributed by atoms with E-state index in [1.165, 1.54) is 12.1 Å². The molecule has 3 aromatic heterocycles. The highest BCUT2D eigenvalue weighted by atomic mass is 35.5. The second-order valence-corrected chi connectivity index (χ2v) is 17.0. The molecule has 0 spiro atoms. The highest BCUT2D eigenvalue weighted by molar-refractivity contribution is 7.23. The van der Waals surface area contributed by atoms with E-state index < -0.39 is 46.9 Å². The Morgan fingerprint density at radius 1 is 1.19 bits per heavy atom. The average molecular weight is 820 g/mol. The molecule has 19 heteroatoms. The van der Waals surface area contributed by atoms with Crippen molar-refractivity contribution in [2.45, 2.75) is 56.3 Å². The summed E-state index contributed by atoms with van der Waals surface area (Å²) in [5.74, 6) is -1.42. The zero-order chi connectivity index (χ0) is 40.0. The van der Waals surface area contributed by atoms with Gasteiger partial charge in [0, 0.05) is 73.2 Å². The predicted molar refractivity (Wildman–Crippen MR) is 203 cm³/mol. The van der Waals surface area contributed by atoms with Crippen molar-refractivity contribution in [1.82, 2.24) is 34.5 Å². The van der Waals surface area contributed by atoms with Gasteiger partial charge in [-0.15, -0.1) is 16.4 Å². The number of carbonyl (C=O) groups excluding carboxylic acids is 1. The van der Waals surface area contributed by atoms with E-state index in [2.05, 4.69) is 26.0 Å².